The van der Waals surface area contributed by atoms with E-state index in [9.17, 15) is 10.2 Å². The second-order valence-corrected chi connectivity index (χ2v) is 4.28. The highest BCUT2D eigenvalue weighted by atomic mass is 16.3. The summed E-state index contributed by atoms with van der Waals surface area (Å²) in [5.41, 5.74) is 4.90. The molecule has 0 amide bonds. The molecule has 3 heteroatoms. The largest absolute Gasteiger partial charge is 0.392 e. The van der Waals surface area contributed by atoms with Crippen molar-refractivity contribution in [3.05, 3.63) is 52.8 Å². The maximum Gasteiger partial charge on any atom is 0.0682 e. The first-order valence-electron chi connectivity index (χ1n) is 5.65. The van der Waals surface area contributed by atoms with Crippen LogP contribution in [-0.4, -0.2) is 14.8 Å². The molecule has 17 heavy (non-hydrogen) atoms. The standard InChI is InChI=1S/C14H17NO2/c1-10-3-4-11(2)15(10)14-6-12(8-16)5-13(7-14)9-17/h3-7,16-17H,8-9H2,1-2H3. The highest BCUT2D eigenvalue weighted by Crippen LogP contribution is 2.19. The van der Waals surface area contributed by atoms with E-state index in [2.05, 4.69) is 16.7 Å². The fourth-order valence-corrected chi connectivity index (χ4v) is 2.13. The zero-order valence-corrected chi connectivity index (χ0v) is 10.1. The minimum absolute atomic E-state index is 0.0137. The van der Waals surface area contributed by atoms with Crippen LogP contribution in [0.15, 0.2) is 30.3 Å². The average molecular weight is 231 g/mol. The van der Waals surface area contributed by atoms with Crippen molar-refractivity contribution in [1.29, 1.82) is 0 Å². The van der Waals surface area contributed by atoms with E-state index in [4.69, 9.17) is 0 Å². The van der Waals surface area contributed by atoms with Crippen molar-refractivity contribution in [2.45, 2.75) is 27.1 Å². The van der Waals surface area contributed by atoms with Gasteiger partial charge in [0, 0.05) is 17.1 Å². The Morgan fingerprint density at radius 2 is 1.35 bits per heavy atom. The maximum absolute atomic E-state index is 9.23. The van der Waals surface area contributed by atoms with Crippen LogP contribution in [0.2, 0.25) is 0 Å². The van der Waals surface area contributed by atoms with E-state index < -0.39 is 0 Å². The van der Waals surface area contributed by atoms with E-state index in [1.807, 2.05) is 32.0 Å². The minimum Gasteiger partial charge on any atom is -0.392 e. The molecule has 2 rings (SSSR count). The van der Waals surface area contributed by atoms with Crippen LogP contribution in [0.4, 0.5) is 0 Å². The summed E-state index contributed by atoms with van der Waals surface area (Å²) in [7, 11) is 0. The molecule has 0 saturated carbocycles. The molecule has 1 heterocycles. The molecular weight excluding hydrogens is 214 g/mol. The molecule has 90 valence electrons. The number of aryl methyl sites for hydroxylation is 2. The lowest BCUT2D eigenvalue weighted by Crippen LogP contribution is -2.01. The van der Waals surface area contributed by atoms with Gasteiger partial charge in [0.15, 0.2) is 0 Å². The molecule has 2 N–H and O–H groups in total. The van der Waals surface area contributed by atoms with E-state index in [1.54, 1.807) is 0 Å². The number of hydrogen-bond donors (Lipinski definition) is 2. The monoisotopic (exact) mass is 231 g/mol. The van der Waals surface area contributed by atoms with Crippen LogP contribution in [0.3, 0.4) is 0 Å². The first-order chi connectivity index (χ1) is 8.15. The number of aliphatic hydroxyl groups is 2. The number of hydrogen-bond acceptors (Lipinski definition) is 2. The van der Waals surface area contributed by atoms with Crippen LogP contribution in [0.1, 0.15) is 22.5 Å². The van der Waals surface area contributed by atoms with Gasteiger partial charge in [0.2, 0.25) is 0 Å². The summed E-state index contributed by atoms with van der Waals surface area (Å²) < 4.78 is 2.11. The van der Waals surface area contributed by atoms with Gasteiger partial charge in [-0.1, -0.05) is 6.07 Å². The van der Waals surface area contributed by atoms with Crippen molar-refractivity contribution in [2.75, 3.05) is 0 Å². The summed E-state index contributed by atoms with van der Waals surface area (Å²) in [4.78, 5) is 0. The highest BCUT2D eigenvalue weighted by molar-refractivity contribution is 5.43. The van der Waals surface area contributed by atoms with Gasteiger partial charge in [-0.3, -0.25) is 0 Å². The summed E-state index contributed by atoms with van der Waals surface area (Å²) in [6, 6.07) is 9.81. The summed E-state index contributed by atoms with van der Waals surface area (Å²) in [5.74, 6) is 0. The zero-order chi connectivity index (χ0) is 12.4. The van der Waals surface area contributed by atoms with Crippen molar-refractivity contribution >= 4 is 0 Å². The lowest BCUT2D eigenvalue weighted by Gasteiger charge is -2.12. The van der Waals surface area contributed by atoms with E-state index in [0.29, 0.717) is 0 Å². The molecule has 0 saturated heterocycles. The predicted molar refractivity (Wildman–Crippen MR) is 67.1 cm³/mol. The second-order valence-electron chi connectivity index (χ2n) is 4.28. The molecule has 0 bridgehead atoms. The van der Waals surface area contributed by atoms with Gasteiger partial charge in [0.05, 0.1) is 13.2 Å². The van der Waals surface area contributed by atoms with Gasteiger partial charge in [0.1, 0.15) is 0 Å². The SMILES string of the molecule is Cc1ccc(C)n1-c1cc(CO)cc(CO)c1. The van der Waals surface area contributed by atoms with Gasteiger partial charge in [-0.05, 0) is 49.2 Å². The number of benzene rings is 1. The number of aliphatic hydroxyl groups excluding tert-OH is 2. The van der Waals surface area contributed by atoms with Crippen LogP contribution >= 0.6 is 0 Å². The molecule has 0 spiro atoms. The quantitative estimate of drug-likeness (QED) is 0.849. The van der Waals surface area contributed by atoms with E-state index in [-0.39, 0.29) is 13.2 Å². The third kappa shape index (κ3) is 2.25. The highest BCUT2D eigenvalue weighted by Gasteiger charge is 2.06. The van der Waals surface area contributed by atoms with Gasteiger partial charge in [-0.15, -0.1) is 0 Å². The van der Waals surface area contributed by atoms with Crippen LogP contribution in [-0.2, 0) is 13.2 Å². The Hall–Kier alpha value is -1.58. The van der Waals surface area contributed by atoms with Crippen molar-refractivity contribution < 1.29 is 10.2 Å². The predicted octanol–water partition coefficient (Wildman–Crippen LogP) is 2.08. The normalized spacial score (nSPS) is 10.8. The number of aromatic nitrogens is 1. The topological polar surface area (TPSA) is 45.4 Å². The molecular formula is C14H17NO2. The third-order valence-corrected chi connectivity index (χ3v) is 2.93. The Morgan fingerprint density at radius 1 is 0.882 bits per heavy atom. The molecule has 1 aromatic heterocycles. The lowest BCUT2D eigenvalue weighted by atomic mass is 10.1. The Kier molecular flexibility index (Phi) is 3.31. The van der Waals surface area contributed by atoms with Gasteiger partial charge < -0.3 is 14.8 Å². The molecule has 0 aliphatic rings. The molecule has 0 atom stereocenters. The average Bonchev–Trinajstić information content (AvgIpc) is 2.68. The third-order valence-electron chi connectivity index (χ3n) is 2.93. The smallest absolute Gasteiger partial charge is 0.0682 e. The molecule has 0 aliphatic carbocycles. The summed E-state index contributed by atoms with van der Waals surface area (Å²) >= 11 is 0. The van der Waals surface area contributed by atoms with Crippen molar-refractivity contribution in [3.63, 3.8) is 0 Å². The fraction of sp³-hybridized carbons (Fsp3) is 0.286. The first kappa shape index (κ1) is 11.9. The lowest BCUT2D eigenvalue weighted by molar-refractivity contribution is 0.275. The Bertz CT molecular complexity index is 487. The van der Waals surface area contributed by atoms with Gasteiger partial charge >= 0.3 is 0 Å². The zero-order valence-electron chi connectivity index (χ0n) is 10.1. The maximum atomic E-state index is 9.23. The molecule has 0 unspecified atom stereocenters. The van der Waals surface area contributed by atoms with Gasteiger partial charge in [-0.25, -0.2) is 0 Å². The van der Waals surface area contributed by atoms with Crippen molar-refractivity contribution in [2.24, 2.45) is 0 Å². The Labute approximate surface area is 101 Å². The van der Waals surface area contributed by atoms with Crippen LogP contribution in [0.5, 0.6) is 0 Å². The number of rotatable bonds is 3. The Morgan fingerprint density at radius 3 is 1.76 bits per heavy atom. The van der Waals surface area contributed by atoms with Gasteiger partial charge in [0.25, 0.3) is 0 Å². The molecule has 2 aromatic rings. The molecule has 3 nitrogen and oxygen atoms in total. The molecule has 0 aliphatic heterocycles. The Balaban J connectivity index is 2.58. The van der Waals surface area contributed by atoms with E-state index in [0.717, 1.165) is 28.2 Å². The summed E-state index contributed by atoms with van der Waals surface area (Å²) in [5, 5.41) is 18.5. The minimum atomic E-state index is -0.0137. The van der Waals surface area contributed by atoms with Crippen LogP contribution in [0.25, 0.3) is 5.69 Å². The molecule has 0 radical (unpaired) electrons. The fourth-order valence-electron chi connectivity index (χ4n) is 2.13. The van der Waals surface area contributed by atoms with Crippen molar-refractivity contribution in [3.8, 4) is 5.69 Å². The van der Waals surface area contributed by atoms with E-state index >= 15 is 0 Å². The van der Waals surface area contributed by atoms with Crippen LogP contribution in [0, 0.1) is 13.8 Å². The molecule has 1 aromatic carbocycles. The molecule has 0 fully saturated rings. The van der Waals surface area contributed by atoms with Crippen molar-refractivity contribution in [1.82, 2.24) is 4.57 Å². The summed E-state index contributed by atoms with van der Waals surface area (Å²) in [6.07, 6.45) is 0. The van der Waals surface area contributed by atoms with E-state index in [1.165, 1.54) is 0 Å². The van der Waals surface area contributed by atoms with Gasteiger partial charge in [-0.2, -0.15) is 0 Å². The first-order valence-corrected chi connectivity index (χ1v) is 5.65. The number of nitrogens with zero attached hydrogens (tertiary/aromatic N) is 1. The van der Waals surface area contributed by atoms with Crippen LogP contribution < -0.4 is 0 Å². The summed E-state index contributed by atoms with van der Waals surface area (Å²) in [6.45, 7) is 4.05. The second kappa shape index (κ2) is 4.73.